The summed E-state index contributed by atoms with van der Waals surface area (Å²) in [7, 11) is 1.69. The Hall–Kier alpha value is -3.95. The van der Waals surface area contributed by atoms with Gasteiger partial charge in [0.1, 0.15) is 5.75 Å². The van der Waals surface area contributed by atoms with Crippen molar-refractivity contribution in [2.45, 2.75) is 51.7 Å². The van der Waals surface area contributed by atoms with Gasteiger partial charge in [-0.25, -0.2) is 14.5 Å². The number of nitrogens with zero attached hydrogens (tertiary/aromatic N) is 4. The van der Waals surface area contributed by atoms with Crippen molar-refractivity contribution < 1.29 is 19.4 Å². The third kappa shape index (κ3) is 5.76. The fraction of sp³-hybridized carbons (Fsp3) is 0.400. The third-order valence-electron chi connectivity index (χ3n) is 6.25. The van der Waals surface area contributed by atoms with Gasteiger partial charge in [-0.3, -0.25) is 10.1 Å². The van der Waals surface area contributed by atoms with Gasteiger partial charge in [-0.2, -0.15) is 0 Å². The van der Waals surface area contributed by atoms with Crippen LogP contribution >= 0.6 is 0 Å². The zero-order chi connectivity index (χ0) is 24.9. The molecule has 0 radical (unpaired) electrons. The average molecular weight is 479 g/mol. The van der Waals surface area contributed by atoms with Crippen LogP contribution in [0.4, 0.5) is 10.6 Å². The van der Waals surface area contributed by atoms with Crippen LogP contribution in [0.25, 0.3) is 11.4 Å². The summed E-state index contributed by atoms with van der Waals surface area (Å²) in [6, 6.07) is 12.7. The molecule has 1 unspecified atom stereocenters. The molecule has 1 fully saturated rings. The van der Waals surface area contributed by atoms with Crippen LogP contribution in [0.2, 0.25) is 0 Å². The Bertz CT molecular complexity index is 1200. The number of carbonyl (C=O) groups excluding carboxylic acids is 1. The van der Waals surface area contributed by atoms with E-state index in [1.165, 1.54) is 4.68 Å². The zero-order valence-electron chi connectivity index (χ0n) is 20.1. The van der Waals surface area contributed by atoms with E-state index in [1.54, 1.807) is 19.2 Å². The van der Waals surface area contributed by atoms with Crippen molar-refractivity contribution >= 4 is 17.8 Å². The highest BCUT2D eigenvalue weighted by Crippen LogP contribution is 2.31. The second kappa shape index (κ2) is 10.5. The number of anilines is 1. The largest absolute Gasteiger partial charge is 0.489 e. The van der Waals surface area contributed by atoms with E-state index in [-0.39, 0.29) is 24.1 Å². The van der Waals surface area contributed by atoms with Crippen molar-refractivity contribution in [3.8, 4) is 17.1 Å². The van der Waals surface area contributed by atoms with Crippen molar-refractivity contribution in [1.82, 2.24) is 25.3 Å². The van der Waals surface area contributed by atoms with Crippen molar-refractivity contribution in [2.75, 3.05) is 5.32 Å². The monoisotopic (exact) mass is 478 g/mol. The van der Waals surface area contributed by atoms with Gasteiger partial charge in [-0.15, -0.1) is 5.10 Å². The lowest BCUT2D eigenvalue weighted by Crippen LogP contribution is -2.32. The van der Waals surface area contributed by atoms with Crippen molar-refractivity contribution in [3.63, 3.8) is 0 Å². The summed E-state index contributed by atoms with van der Waals surface area (Å²) in [4.78, 5) is 28.6. The molecule has 1 aromatic carbocycles. The van der Waals surface area contributed by atoms with Crippen LogP contribution < -0.4 is 15.4 Å². The molecule has 2 heterocycles. The van der Waals surface area contributed by atoms with Crippen LogP contribution in [0, 0.1) is 12.8 Å². The van der Waals surface area contributed by atoms with Gasteiger partial charge in [0.2, 0.25) is 0 Å². The number of ether oxygens (including phenoxy) is 1. The number of aromatic nitrogens is 4. The van der Waals surface area contributed by atoms with E-state index in [9.17, 15) is 14.7 Å². The van der Waals surface area contributed by atoms with E-state index in [0.717, 1.165) is 18.4 Å². The maximum Gasteiger partial charge on any atom is 0.320 e. The SMILES string of the molecule is Cc1nc(-c2nnn(C)c2NC(=O)NC(C)c2ccccc2)ccc1O[C@H]1CCC[C@H](C(=O)O)C1. The standard InChI is InChI=1S/C25H30N6O4/c1-15(17-8-5-4-6-9-17)27-25(34)28-23-22(29-30-31(23)3)20-12-13-21(16(2)26-20)35-19-11-7-10-18(14-19)24(32)33/h4-6,8-9,12-13,15,18-19H,7,10-11,14H2,1-3H3,(H,32,33)(H2,27,28,34)/t15?,18-,19-/m0/s1. The van der Waals surface area contributed by atoms with Crippen LogP contribution in [0.15, 0.2) is 42.5 Å². The molecule has 4 rings (SSSR count). The molecular formula is C25H30N6O4. The van der Waals surface area contributed by atoms with Crippen molar-refractivity contribution in [2.24, 2.45) is 13.0 Å². The number of hydrogen-bond donors (Lipinski definition) is 3. The van der Waals surface area contributed by atoms with Crippen LogP contribution in [0.1, 0.15) is 49.9 Å². The van der Waals surface area contributed by atoms with Gasteiger partial charge >= 0.3 is 12.0 Å². The Morgan fingerprint density at radius 3 is 2.66 bits per heavy atom. The Kier molecular flexibility index (Phi) is 7.28. The number of carboxylic acid groups (broad SMARTS) is 1. The van der Waals surface area contributed by atoms with E-state index in [0.29, 0.717) is 41.5 Å². The van der Waals surface area contributed by atoms with Gasteiger partial charge < -0.3 is 15.2 Å². The number of rotatable bonds is 7. The summed E-state index contributed by atoms with van der Waals surface area (Å²) >= 11 is 0. The summed E-state index contributed by atoms with van der Waals surface area (Å²) in [5.41, 5.74) is 2.62. The Balaban J connectivity index is 1.45. The minimum Gasteiger partial charge on any atom is -0.489 e. The molecule has 0 spiro atoms. The van der Waals surface area contributed by atoms with E-state index in [1.807, 2.05) is 44.2 Å². The predicted molar refractivity (Wildman–Crippen MR) is 130 cm³/mol. The third-order valence-corrected chi connectivity index (χ3v) is 6.25. The second-order valence-corrected chi connectivity index (χ2v) is 8.86. The molecule has 0 saturated heterocycles. The number of carbonyl (C=O) groups is 2. The molecule has 3 aromatic rings. The van der Waals surface area contributed by atoms with Crippen molar-refractivity contribution in [3.05, 3.63) is 53.7 Å². The molecule has 1 aliphatic carbocycles. The van der Waals surface area contributed by atoms with Gasteiger partial charge in [0.25, 0.3) is 0 Å². The number of hydrogen-bond acceptors (Lipinski definition) is 6. The highest BCUT2D eigenvalue weighted by molar-refractivity contribution is 5.92. The maximum absolute atomic E-state index is 12.7. The van der Waals surface area contributed by atoms with Gasteiger partial charge in [0.15, 0.2) is 11.5 Å². The van der Waals surface area contributed by atoms with E-state index >= 15 is 0 Å². The molecule has 184 valence electrons. The van der Waals surface area contributed by atoms with E-state index in [2.05, 4.69) is 25.9 Å². The first-order valence-corrected chi connectivity index (χ1v) is 11.7. The molecule has 0 aliphatic heterocycles. The smallest absolute Gasteiger partial charge is 0.320 e. The lowest BCUT2D eigenvalue weighted by molar-refractivity contribution is -0.143. The Labute approximate surface area is 203 Å². The number of amides is 2. The number of carboxylic acids is 1. The van der Waals surface area contributed by atoms with E-state index < -0.39 is 5.97 Å². The van der Waals surface area contributed by atoms with Gasteiger partial charge in [-0.1, -0.05) is 35.5 Å². The van der Waals surface area contributed by atoms with Gasteiger partial charge in [-0.05, 0) is 57.2 Å². The van der Waals surface area contributed by atoms with Gasteiger partial charge in [0.05, 0.1) is 29.5 Å². The number of urea groups is 1. The number of aryl methyl sites for hydroxylation is 2. The molecule has 10 heteroatoms. The first-order chi connectivity index (χ1) is 16.8. The molecule has 1 aliphatic rings. The number of pyridine rings is 1. The topological polar surface area (TPSA) is 131 Å². The van der Waals surface area contributed by atoms with Crippen LogP contribution in [-0.2, 0) is 11.8 Å². The normalized spacial score (nSPS) is 18.5. The highest BCUT2D eigenvalue weighted by atomic mass is 16.5. The maximum atomic E-state index is 12.7. The molecule has 1 saturated carbocycles. The lowest BCUT2D eigenvalue weighted by atomic mass is 9.87. The molecule has 2 aromatic heterocycles. The summed E-state index contributed by atoms with van der Waals surface area (Å²) < 4.78 is 7.58. The predicted octanol–water partition coefficient (Wildman–Crippen LogP) is 4.09. The summed E-state index contributed by atoms with van der Waals surface area (Å²) in [6.07, 6.45) is 2.67. The molecule has 3 N–H and O–H groups in total. The molecule has 0 bridgehead atoms. The fourth-order valence-electron chi connectivity index (χ4n) is 4.30. The lowest BCUT2D eigenvalue weighted by Gasteiger charge is -2.27. The summed E-state index contributed by atoms with van der Waals surface area (Å²) in [6.45, 7) is 3.74. The molecule has 10 nitrogen and oxygen atoms in total. The average Bonchev–Trinajstić information content (AvgIpc) is 3.20. The van der Waals surface area contributed by atoms with Crippen molar-refractivity contribution in [1.29, 1.82) is 0 Å². The van der Waals surface area contributed by atoms with E-state index in [4.69, 9.17) is 4.74 Å². The molecule has 35 heavy (non-hydrogen) atoms. The first-order valence-electron chi connectivity index (χ1n) is 11.7. The Morgan fingerprint density at radius 2 is 1.94 bits per heavy atom. The zero-order valence-corrected chi connectivity index (χ0v) is 20.1. The van der Waals surface area contributed by atoms with Crippen LogP contribution in [0.5, 0.6) is 5.75 Å². The summed E-state index contributed by atoms with van der Waals surface area (Å²) in [5, 5.41) is 23.3. The summed E-state index contributed by atoms with van der Waals surface area (Å²) in [5.74, 6) is -0.115. The number of nitrogens with one attached hydrogen (secondary N) is 2. The molecule has 3 atom stereocenters. The van der Waals surface area contributed by atoms with Gasteiger partial charge in [0, 0.05) is 7.05 Å². The first kappa shape index (κ1) is 24.2. The minimum atomic E-state index is -0.770. The molecule has 2 amide bonds. The van der Waals surface area contributed by atoms with Crippen LogP contribution in [-0.4, -0.2) is 43.2 Å². The molecular weight excluding hydrogens is 448 g/mol. The minimum absolute atomic E-state index is 0.153. The second-order valence-electron chi connectivity index (χ2n) is 8.86. The van der Waals surface area contributed by atoms with Crippen LogP contribution in [0.3, 0.4) is 0 Å². The fourth-order valence-corrected chi connectivity index (χ4v) is 4.30. The Morgan fingerprint density at radius 1 is 1.17 bits per heavy atom. The quantitative estimate of drug-likeness (QED) is 0.466. The number of benzene rings is 1. The highest BCUT2D eigenvalue weighted by Gasteiger charge is 2.28. The number of aliphatic carboxylic acids is 1.